The average Bonchev–Trinajstić information content (AvgIpc) is 3.30. The lowest BCUT2D eigenvalue weighted by Gasteiger charge is -2.33. The fourth-order valence-electron chi connectivity index (χ4n) is 5.14. The molecular weight excluding hydrogens is 450 g/mol. The average molecular weight is 482 g/mol. The molecule has 0 saturated carbocycles. The van der Waals surface area contributed by atoms with Gasteiger partial charge < -0.3 is 15.1 Å². The number of aryl methyl sites for hydroxylation is 3. The first-order chi connectivity index (χ1) is 17.4. The zero-order valence-corrected chi connectivity index (χ0v) is 20.7. The molecule has 0 aromatic heterocycles. The summed E-state index contributed by atoms with van der Waals surface area (Å²) in [5.41, 5.74) is 5.84. The van der Waals surface area contributed by atoms with E-state index in [2.05, 4.69) is 11.4 Å². The molecule has 0 bridgehead atoms. The van der Waals surface area contributed by atoms with E-state index in [1.807, 2.05) is 80.6 Å². The van der Waals surface area contributed by atoms with Crippen LogP contribution in [0.3, 0.4) is 0 Å². The van der Waals surface area contributed by atoms with Gasteiger partial charge in [-0.15, -0.1) is 0 Å². The van der Waals surface area contributed by atoms with Gasteiger partial charge in [-0.1, -0.05) is 54.6 Å². The number of hydrogen-bond acceptors (Lipinski definition) is 3. The predicted molar refractivity (Wildman–Crippen MR) is 141 cm³/mol. The first kappa shape index (κ1) is 23.8. The third kappa shape index (κ3) is 4.63. The van der Waals surface area contributed by atoms with Gasteiger partial charge in [-0.25, -0.2) is 0 Å². The molecule has 0 spiro atoms. The van der Waals surface area contributed by atoms with Gasteiger partial charge in [0, 0.05) is 30.9 Å². The van der Waals surface area contributed by atoms with Crippen molar-refractivity contribution in [1.29, 1.82) is 0 Å². The van der Waals surface area contributed by atoms with E-state index in [0.717, 1.165) is 46.5 Å². The molecule has 2 atom stereocenters. The number of nitrogens with one attached hydrogen (secondary N) is 1. The van der Waals surface area contributed by atoms with Crippen molar-refractivity contribution in [3.05, 3.63) is 95.1 Å². The van der Waals surface area contributed by atoms with Gasteiger partial charge >= 0.3 is 0 Å². The van der Waals surface area contributed by atoms with E-state index in [-0.39, 0.29) is 24.1 Å². The molecule has 36 heavy (non-hydrogen) atoms. The van der Waals surface area contributed by atoms with E-state index < -0.39 is 12.0 Å². The Kier molecular flexibility index (Phi) is 6.59. The zero-order chi connectivity index (χ0) is 25.2. The molecule has 2 aliphatic rings. The maximum atomic E-state index is 13.9. The van der Waals surface area contributed by atoms with Gasteiger partial charge in [-0.05, 0) is 67.1 Å². The van der Waals surface area contributed by atoms with Crippen LogP contribution < -0.4 is 15.1 Å². The minimum absolute atomic E-state index is 0.0778. The fraction of sp³-hybridized carbons (Fsp3) is 0.300. The molecule has 1 fully saturated rings. The molecule has 2 heterocycles. The van der Waals surface area contributed by atoms with Crippen LogP contribution in [0.4, 0.5) is 11.4 Å². The number of para-hydroxylation sites is 1. The van der Waals surface area contributed by atoms with Crippen molar-refractivity contribution in [1.82, 2.24) is 5.32 Å². The van der Waals surface area contributed by atoms with Crippen molar-refractivity contribution in [2.24, 2.45) is 5.92 Å². The van der Waals surface area contributed by atoms with Crippen LogP contribution in [0.2, 0.25) is 0 Å². The zero-order valence-electron chi connectivity index (χ0n) is 20.7. The summed E-state index contributed by atoms with van der Waals surface area (Å²) in [7, 11) is 0. The maximum Gasteiger partial charge on any atom is 0.254 e. The molecule has 2 aliphatic heterocycles. The van der Waals surface area contributed by atoms with Gasteiger partial charge in [-0.3, -0.25) is 14.4 Å². The van der Waals surface area contributed by atoms with Crippen LogP contribution in [0, 0.1) is 19.8 Å². The number of fused-ring (bicyclic) bond motifs is 1. The van der Waals surface area contributed by atoms with Gasteiger partial charge in [0.1, 0.15) is 6.04 Å². The molecule has 5 rings (SSSR count). The monoisotopic (exact) mass is 481 g/mol. The lowest BCUT2D eigenvalue weighted by molar-refractivity contribution is -0.130. The van der Waals surface area contributed by atoms with Crippen LogP contribution in [0.15, 0.2) is 72.8 Å². The van der Waals surface area contributed by atoms with Crippen molar-refractivity contribution in [3.63, 3.8) is 0 Å². The second-order valence-corrected chi connectivity index (χ2v) is 9.75. The quantitative estimate of drug-likeness (QED) is 0.584. The number of amides is 3. The van der Waals surface area contributed by atoms with Gasteiger partial charge in [-0.2, -0.15) is 0 Å². The summed E-state index contributed by atoms with van der Waals surface area (Å²) >= 11 is 0. The Morgan fingerprint density at radius 2 is 1.69 bits per heavy atom. The van der Waals surface area contributed by atoms with Crippen molar-refractivity contribution in [2.45, 2.75) is 39.2 Å². The van der Waals surface area contributed by atoms with E-state index in [4.69, 9.17) is 0 Å². The lowest BCUT2D eigenvalue weighted by atomic mass is 9.98. The molecule has 3 amide bonds. The van der Waals surface area contributed by atoms with Crippen LogP contribution in [-0.2, 0) is 20.8 Å². The minimum Gasteiger partial charge on any atom is -0.340 e. The Balaban J connectivity index is 1.37. The number of carbonyl (C=O) groups is 3. The van der Waals surface area contributed by atoms with E-state index in [9.17, 15) is 14.4 Å². The van der Waals surface area contributed by atoms with Crippen LogP contribution in [0.5, 0.6) is 0 Å². The van der Waals surface area contributed by atoms with E-state index in [1.165, 1.54) is 0 Å². The fourth-order valence-corrected chi connectivity index (χ4v) is 5.14. The first-order valence-electron chi connectivity index (χ1n) is 12.5. The van der Waals surface area contributed by atoms with Crippen LogP contribution in [0.25, 0.3) is 0 Å². The number of nitrogens with zero attached hydrogens (tertiary/aromatic N) is 2. The molecule has 0 unspecified atom stereocenters. The molecule has 1 N–H and O–H groups in total. The molecular formula is C30H31N3O3. The largest absolute Gasteiger partial charge is 0.340 e. The summed E-state index contributed by atoms with van der Waals surface area (Å²) in [5.74, 6) is -1.03. The smallest absolute Gasteiger partial charge is 0.254 e. The van der Waals surface area contributed by atoms with E-state index >= 15 is 0 Å². The molecule has 184 valence electrons. The molecule has 3 aromatic carbocycles. The highest BCUT2D eigenvalue weighted by molar-refractivity contribution is 6.03. The van der Waals surface area contributed by atoms with Crippen LogP contribution in [-0.4, -0.2) is 30.8 Å². The highest BCUT2D eigenvalue weighted by Gasteiger charge is 2.38. The topological polar surface area (TPSA) is 69.7 Å². The lowest BCUT2D eigenvalue weighted by Crippen LogP contribution is -2.46. The van der Waals surface area contributed by atoms with Gasteiger partial charge in [0.2, 0.25) is 11.8 Å². The summed E-state index contributed by atoms with van der Waals surface area (Å²) in [5, 5.41) is 3.01. The molecule has 0 aliphatic carbocycles. The predicted octanol–water partition coefficient (Wildman–Crippen LogP) is 4.49. The highest BCUT2D eigenvalue weighted by atomic mass is 16.2. The number of hydrogen-bond donors (Lipinski definition) is 1. The van der Waals surface area contributed by atoms with Crippen molar-refractivity contribution in [3.8, 4) is 0 Å². The normalized spacial score (nSPS) is 18.1. The minimum atomic E-state index is -0.823. The third-order valence-electron chi connectivity index (χ3n) is 7.34. The number of benzene rings is 3. The van der Waals surface area contributed by atoms with Gasteiger partial charge in [0.05, 0.1) is 5.92 Å². The standard InChI is InChI=1S/C30H31N3O3/c1-20-14-15-25(17-21(20)2)33-19-24(18-27(33)34)29(35)31-28(23-10-4-3-5-11-23)30(36)32-16-8-12-22-9-6-7-13-26(22)32/h3-7,9-11,13-15,17,24,28H,8,12,16,18-19H2,1-2H3,(H,31,35)/t24-,28+/m0/s1. The number of anilines is 2. The number of carbonyl (C=O) groups excluding carboxylic acids is 3. The molecule has 3 aromatic rings. The summed E-state index contributed by atoms with van der Waals surface area (Å²) in [6, 6.07) is 22.4. The van der Waals surface area contributed by atoms with Gasteiger partial charge in [0.15, 0.2) is 0 Å². The van der Waals surface area contributed by atoms with E-state index in [1.54, 1.807) is 9.80 Å². The molecule has 6 heteroatoms. The SMILES string of the molecule is Cc1ccc(N2C[C@@H](C(=O)N[C@@H](C(=O)N3CCCc4ccccc43)c3ccccc3)CC2=O)cc1C. The van der Waals surface area contributed by atoms with Crippen LogP contribution in [0.1, 0.15) is 41.1 Å². The summed E-state index contributed by atoms with van der Waals surface area (Å²) in [4.78, 5) is 43.6. The summed E-state index contributed by atoms with van der Waals surface area (Å²) < 4.78 is 0. The summed E-state index contributed by atoms with van der Waals surface area (Å²) in [6.07, 6.45) is 1.93. The highest BCUT2D eigenvalue weighted by Crippen LogP contribution is 2.31. The maximum absolute atomic E-state index is 13.9. The van der Waals surface area contributed by atoms with E-state index in [0.29, 0.717) is 13.1 Å². The Morgan fingerprint density at radius 1 is 0.944 bits per heavy atom. The van der Waals surface area contributed by atoms with Crippen molar-refractivity contribution < 1.29 is 14.4 Å². The Hall–Kier alpha value is -3.93. The van der Waals surface area contributed by atoms with Crippen molar-refractivity contribution >= 4 is 29.1 Å². The second kappa shape index (κ2) is 9.97. The number of rotatable bonds is 5. The molecule has 0 radical (unpaired) electrons. The first-order valence-corrected chi connectivity index (χ1v) is 12.5. The van der Waals surface area contributed by atoms with Crippen molar-refractivity contribution in [2.75, 3.05) is 22.9 Å². The third-order valence-corrected chi connectivity index (χ3v) is 7.34. The summed E-state index contributed by atoms with van der Waals surface area (Å²) in [6.45, 7) is 4.95. The van der Waals surface area contributed by atoms with Gasteiger partial charge in [0.25, 0.3) is 5.91 Å². The Labute approximate surface area is 211 Å². The second-order valence-electron chi connectivity index (χ2n) is 9.75. The Morgan fingerprint density at radius 3 is 2.47 bits per heavy atom. The van der Waals surface area contributed by atoms with Crippen LogP contribution >= 0.6 is 0 Å². The molecule has 1 saturated heterocycles. The molecule has 6 nitrogen and oxygen atoms in total. The Bertz CT molecular complexity index is 1300.